The second-order valence-corrected chi connectivity index (χ2v) is 5.90. The van der Waals surface area contributed by atoms with E-state index < -0.39 is 5.97 Å². The van der Waals surface area contributed by atoms with Gasteiger partial charge in [-0.3, -0.25) is 10.1 Å². The summed E-state index contributed by atoms with van der Waals surface area (Å²) in [5.74, 6) is -0.00374. The zero-order valence-electron chi connectivity index (χ0n) is 9.03. The van der Waals surface area contributed by atoms with Crippen LogP contribution in [0.3, 0.4) is 0 Å². The molecule has 4 nitrogen and oxygen atoms in total. The van der Waals surface area contributed by atoms with Gasteiger partial charge in [0.2, 0.25) is 0 Å². The fraction of sp³-hybridized carbons (Fsp3) is 0.900. The number of likely N-dealkylation sites (tertiary alicyclic amines) is 1. The maximum atomic E-state index is 10.9. The van der Waals surface area contributed by atoms with Crippen LogP contribution >= 0.6 is 11.8 Å². The van der Waals surface area contributed by atoms with Crippen molar-refractivity contribution in [3.05, 3.63) is 0 Å². The van der Waals surface area contributed by atoms with E-state index in [0.29, 0.717) is 5.75 Å². The first-order chi connectivity index (χ1) is 7.11. The Bertz CT molecular complexity index is 262. The molecular weight excluding hydrogens is 212 g/mol. The van der Waals surface area contributed by atoms with E-state index in [-0.39, 0.29) is 10.9 Å². The van der Waals surface area contributed by atoms with Gasteiger partial charge in [-0.15, -0.1) is 11.8 Å². The van der Waals surface area contributed by atoms with Crippen LogP contribution in [0, 0.1) is 0 Å². The first kappa shape index (κ1) is 11.2. The number of carbonyl (C=O) groups is 1. The average molecular weight is 230 g/mol. The number of hydrogen-bond donors (Lipinski definition) is 2. The van der Waals surface area contributed by atoms with E-state index in [1.165, 1.54) is 0 Å². The Morgan fingerprint density at radius 3 is 3.00 bits per heavy atom. The standard InChI is InChI=1S/C10H18N2O2S/c1-12-5-2-3-10(4-6-12)11-8(7-15-10)9(13)14/h8,11H,2-7H2,1H3,(H,13,14)/t8-,10?/m1/s1. The molecule has 1 unspecified atom stereocenters. The third-order valence-corrected chi connectivity index (χ3v) is 4.86. The summed E-state index contributed by atoms with van der Waals surface area (Å²) in [6.45, 7) is 2.19. The predicted octanol–water partition coefficient (Wildman–Crippen LogP) is 0.588. The first-order valence-corrected chi connectivity index (χ1v) is 6.43. The molecule has 5 heteroatoms. The molecule has 86 valence electrons. The fourth-order valence-electron chi connectivity index (χ4n) is 2.31. The van der Waals surface area contributed by atoms with E-state index >= 15 is 0 Å². The Hall–Kier alpha value is -0.260. The summed E-state index contributed by atoms with van der Waals surface area (Å²) in [4.78, 5) is 13.3. The number of rotatable bonds is 1. The van der Waals surface area contributed by atoms with Crippen LogP contribution in [0.5, 0.6) is 0 Å². The minimum atomic E-state index is -0.711. The van der Waals surface area contributed by atoms with Crippen molar-refractivity contribution in [3.8, 4) is 0 Å². The van der Waals surface area contributed by atoms with Crippen molar-refractivity contribution in [2.24, 2.45) is 0 Å². The van der Waals surface area contributed by atoms with E-state index in [2.05, 4.69) is 17.3 Å². The molecule has 0 bridgehead atoms. The summed E-state index contributed by atoms with van der Waals surface area (Å²) in [6.07, 6.45) is 3.30. The van der Waals surface area contributed by atoms with Gasteiger partial charge in [0, 0.05) is 12.3 Å². The molecule has 15 heavy (non-hydrogen) atoms. The van der Waals surface area contributed by atoms with Crippen LogP contribution in [0.25, 0.3) is 0 Å². The van der Waals surface area contributed by atoms with Crippen LogP contribution in [0.15, 0.2) is 0 Å². The zero-order chi connectivity index (χ0) is 10.9. The van der Waals surface area contributed by atoms with Crippen LogP contribution in [-0.4, -0.2) is 52.8 Å². The van der Waals surface area contributed by atoms with Crippen molar-refractivity contribution in [1.82, 2.24) is 10.2 Å². The molecule has 2 saturated heterocycles. The van der Waals surface area contributed by atoms with E-state index in [9.17, 15) is 4.79 Å². The number of thioether (sulfide) groups is 1. The molecule has 2 fully saturated rings. The summed E-state index contributed by atoms with van der Waals surface area (Å²) in [5, 5.41) is 12.3. The van der Waals surface area contributed by atoms with Gasteiger partial charge in [-0.1, -0.05) is 0 Å². The Balaban J connectivity index is 1.99. The van der Waals surface area contributed by atoms with Crippen molar-refractivity contribution >= 4 is 17.7 Å². The molecule has 2 aliphatic rings. The van der Waals surface area contributed by atoms with E-state index in [0.717, 1.165) is 32.4 Å². The molecule has 2 atom stereocenters. The molecular formula is C10H18N2O2S. The number of carboxylic acid groups (broad SMARTS) is 1. The van der Waals surface area contributed by atoms with Gasteiger partial charge in [0.15, 0.2) is 0 Å². The van der Waals surface area contributed by atoms with Gasteiger partial charge in [0.25, 0.3) is 0 Å². The molecule has 0 aromatic carbocycles. The lowest BCUT2D eigenvalue weighted by atomic mass is 10.1. The van der Waals surface area contributed by atoms with Crippen LogP contribution in [0.4, 0.5) is 0 Å². The summed E-state index contributed by atoms with van der Waals surface area (Å²) in [6, 6.07) is -0.349. The summed E-state index contributed by atoms with van der Waals surface area (Å²) in [7, 11) is 2.13. The van der Waals surface area contributed by atoms with Gasteiger partial charge in [-0.2, -0.15) is 0 Å². The van der Waals surface area contributed by atoms with Gasteiger partial charge >= 0.3 is 5.97 Å². The Labute approximate surface area is 94.4 Å². The Kier molecular flexibility index (Phi) is 3.23. The van der Waals surface area contributed by atoms with Crippen LogP contribution in [0.2, 0.25) is 0 Å². The lowest BCUT2D eigenvalue weighted by molar-refractivity contribution is -0.138. The second kappa shape index (κ2) is 4.31. The Morgan fingerprint density at radius 2 is 2.33 bits per heavy atom. The van der Waals surface area contributed by atoms with Crippen LogP contribution < -0.4 is 5.32 Å². The normalized spacial score (nSPS) is 38.1. The zero-order valence-corrected chi connectivity index (χ0v) is 9.85. The maximum Gasteiger partial charge on any atom is 0.321 e. The first-order valence-electron chi connectivity index (χ1n) is 5.44. The van der Waals surface area contributed by atoms with Crippen LogP contribution in [-0.2, 0) is 4.79 Å². The largest absolute Gasteiger partial charge is 0.480 e. The monoisotopic (exact) mass is 230 g/mol. The number of nitrogens with zero attached hydrogens (tertiary/aromatic N) is 1. The van der Waals surface area contributed by atoms with Crippen LogP contribution in [0.1, 0.15) is 19.3 Å². The van der Waals surface area contributed by atoms with Gasteiger partial charge in [-0.25, -0.2) is 0 Å². The maximum absolute atomic E-state index is 10.9. The quantitative estimate of drug-likeness (QED) is 0.690. The smallest absolute Gasteiger partial charge is 0.321 e. The number of aliphatic carboxylic acids is 1. The molecule has 0 radical (unpaired) electrons. The molecule has 0 aromatic rings. The minimum absolute atomic E-state index is 0.0355. The number of carboxylic acids is 1. The molecule has 2 rings (SSSR count). The lowest BCUT2D eigenvalue weighted by Crippen LogP contribution is -2.45. The highest BCUT2D eigenvalue weighted by Crippen LogP contribution is 2.38. The molecule has 0 amide bonds. The summed E-state index contributed by atoms with van der Waals surface area (Å²) in [5.41, 5.74) is 0. The highest BCUT2D eigenvalue weighted by atomic mass is 32.2. The number of hydrogen-bond acceptors (Lipinski definition) is 4. The van der Waals surface area contributed by atoms with Crippen molar-refractivity contribution in [1.29, 1.82) is 0 Å². The van der Waals surface area contributed by atoms with E-state index in [1.54, 1.807) is 11.8 Å². The lowest BCUT2D eigenvalue weighted by Gasteiger charge is -2.27. The second-order valence-electron chi connectivity index (χ2n) is 4.50. The van der Waals surface area contributed by atoms with Crippen molar-refractivity contribution in [2.75, 3.05) is 25.9 Å². The van der Waals surface area contributed by atoms with Crippen molar-refractivity contribution in [3.63, 3.8) is 0 Å². The van der Waals surface area contributed by atoms with Crippen molar-refractivity contribution < 1.29 is 9.90 Å². The highest BCUT2D eigenvalue weighted by molar-refractivity contribution is 8.00. The van der Waals surface area contributed by atoms with Gasteiger partial charge in [0.05, 0.1) is 4.87 Å². The topological polar surface area (TPSA) is 52.6 Å². The SMILES string of the molecule is CN1CCCC2(CC1)N[C@@H](C(=O)O)CS2. The average Bonchev–Trinajstić information content (AvgIpc) is 2.51. The van der Waals surface area contributed by atoms with E-state index in [4.69, 9.17) is 5.11 Å². The van der Waals surface area contributed by atoms with Gasteiger partial charge in [-0.05, 0) is 32.9 Å². The van der Waals surface area contributed by atoms with E-state index in [1.807, 2.05) is 0 Å². The molecule has 0 aromatic heterocycles. The summed E-state index contributed by atoms with van der Waals surface area (Å²) < 4.78 is 0. The molecule has 2 heterocycles. The summed E-state index contributed by atoms with van der Waals surface area (Å²) >= 11 is 1.80. The Morgan fingerprint density at radius 1 is 1.53 bits per heavy atom. The molecule has 2 aliphatic heterocycles. The number of nitrogens with one attached hydrogen (secondary N) is 1. The molecule has 0 aliphatic carbocycles. The van der Waals surface area contributed by atoms with Gasteiger partial charge < -0.3 is 10.0 Å². The third kappa shape index (κ3) is 2.46. The molecule has 2 N–H and O–H groups in total. The third-order valence-electron chi connectivity index (χ3n) is 3.28. The van der Waals surface area contributed by atoms with Gasteiger partial charge in [0.1, 0.15) is 6.04 Å². The molecule has 0 saturated carbocycles. The highest BCUT2D eigenvalue weighted by Gasteiger charge is 2.42. The molecule has 1 spiro atoms. The minimum Gasteiger partial charge on any atom is -0.480 e. The fourth-order valence-corrected chi connectivity index (χ4v) is 3.77. The van der Waals surface area contributed by atoms with Crippen molar-refractivity contribution in [2.45, 2.75) is 30.2 Å². The predicted molar refractivity (Wildman–Crippen MR) is 61.1 cm³/mol.